The molecular formula is C18H36N2O. The molecule has 3 heteroatoms. The molecule has 0 aromatic carbocycles. The van der Waals surface area contributed by atoms with Gasteiger partial charge >= 0.3 is 0 Å². The van der Waals surface area contributed by atoms with Crippen LogP contribution in [0.25, 0.3) is 0 Å². The highest BCUT2D eigenvalue weighted by molar-refractivity contribution is 4.90. The first kappa shape index (κ1) is 17.2. The number of hydrogen-bond acceptors (Lipinski definition) is 3. The summed E-state index contributed by atoms with van der Waals surface area (Å²) in [5.41, 5.74) is 0.526. The fourth-order valence-corrected chi connectivity index (χ4v) is 4.48. The molecule has 0 bridgehead atoms. The van der Waals surface area contributed by atoms with Gasteiger partial charge in [-0.3, -0.25) is 0 Å². The van der Waals surface area contributed by atoms with Crippen molar-refractivity contribution in [2.24, 2.45) is 17.3 Å². The molecule has 1 saturated carbocycles. The Morgan fingerprint density at radius 2 is 2.10 bits per heavy atom. The van der Waals surface area contributed by atoms with Crippen LogP contribution in [0.4, 0.5) is 0 Å². The van der Waals surface area contributed by atoms with E-state index in [-0.39, 0.29) is 0 Å². The van der Waals surface area contributed by atoms with E-state index >= 15 is 0 Å². The minimum Gasteiger partial charge on any atom is -0.384 e. The van der Waals surface area contributed by atoms with Gasteiger partial charge in [0.25, 0.3) is 0 Å². The first-order valence-electron chi connectivity index (χ1n) is 8.98. The Bertz CT molecular complexity index is 304. The fraction of sp³-hybridized carbons (Fsp3) is 1.00. The summed E-state index contributed by atoms with van der Waals surface area (Å²) in [4.78, 5) is 2.71. The molecule has 0 aromatic heterocycles. The third-order valence-corrected chi connectivity index (χ3v) is 5.48. The summed E-state index contributed by atoms with van der Waals surface area (Å²) < 4.78 is 5.37. The smallest absolute Gasteiger partial charge is 0.0502 e. The zero-order valence-corrected chi connectivity index (χ0v) is 14.7. The molecule has 21 heavy (non-hydrogen) atoms. The molecule has 2 aliphatic rings. The summed E-state index contributed by atoms with van der Waals surface area (Å²) in [5, 5.41) is 3.75. The van der Waals surface area contributed by atoms with Crippen LogP contribution in [0.2, 0.25) is 0 Å². The Balaban J connectivity index is 1.90. The second-order valence-electron chi connectivity index (χ2n) is 8.05. The van der Waals surface area contributed by atoms with Crippen LogP contribution in [-0.4, -0.2) is 50.8 Å². The Morgan fingerprint density at radius 1 is 1.29 bits per heavy atom. The van der Waals surface area contributed by atoms with Crippen molar-refractivity contribution in [2.45, 2.75) is 58.9 Å². The van der Waals surface area contributed by atoms with Crippen LogP contribution in [0, 0.1) is 17.3 Å². The molecule has 0 amide bonds. The van der Waals surface area contributed by atoms with Crippen LogP contribution >= 0.6 is 0 Å². The summed E-state index contributed by atoms with van der Waals surface area (Å²) >= 11 is 0. The summed E-state index contributed by atoms with van der Waals surface area (Å²) in [6.07, 6.45) is 6.78. The van der Waals surface area contributed by atoms with Gasteiger partial charge in [-0.15, -0.1) is 0 Å². The molecule has 1 saturated heterocycles. The fourth-order valence-electron chi connectivity index (χ4n) is 4.48. The summed E-state index contributed by atoms with van der Waals surface area (Å²) in [6, 6.07) is 0.728. The van der Waals surface area contributed by atoms with Crippen molar-refractivity contribution in [1.29, 1.82) is 0 Å². The largest absolute Gasteiger partial charge is 0.384 e. The van der Waals surface area contributed by atoms with Gasteiger partial charge in [0.1, 0.15) is 0 Å². The third-order valence-electron chi connectivity index (χ3n) is 5.48. The first-order chi connectivity index (χ1) is 10.0. The third kappa shape index (κ3) is 5.22. The predicted molar refractivity (Wildman–Crippen MR) is 89.6 cm³/mol. The molecule has 3 unspecified atom stereocenters. The topological polar surface area (TPSA) is 24.5 Å². The predicted octanol–water partition coefficient (Wildman–Crippen LogP) is 3.15. The van der Waals surface area contributed by atoms with Gasteiger partial charge < -0.3 is 15.0 Å². The number of likely N-dealkylation sites (tertiary alicyclic amines) is 1. The van der Waals surface area contributed by atoms with Crippen molar-refractivity contribution >= 4 is 0 Å². The van der Waals surface area contributed by atoms with Crippen LogP contribution in [-0.2, 0) is 4.74 Å². The Hall–Kier alpha value is -0.120. The summed E-state index contributed by atoms with van der Waals surface area (Å²) in [7, 11) is 1.84. The van der Waals surface area contributed by atoms with Crippen LogP contribution in [0.1, 0.15) is 52.9 Å². The number of methoxy groups -OCH3 is 1. The molecular weight excluding hydrogens is 260 g/mol. The van der Waals surface area contributed by atoms with Crippen LogP contribution in [0.3, 0.4) is 0 Å². The highest BCUT2D eigenvalue weighted by Crippen LogP contribution is 2.39. The lowest BCUT2D eigenvalue weighted by Crippen LogP contribution is -2.49. The van der Waals surface area contributed by atoms with E-state index in [1.807, 2.05) is 7.11 Å². The van der Waals surface area contributed by atoms with E-state index in [0.29, 0.717) is 5.41 Å². The Kier molecular flexibility index (Phi) is 6.51. The van der Waals surface area contributed by atoms with Gasteiger partial charge in [0.2, 0.25) is 0 Å². The van der Waals surface area contributed by atoms with Crippen molar-refractivity contribution in [1.82, 2.24) is 10.2 Å². The van der Waals surface area contributed by atoms with Crippen molar-refractivity contribution in [3.8, 4) is 0 Å². The highest BCUT2D eigenvalue weighted by Gasteiger charge is 2.35. The van der Waals surface area contributed by atoms with Crippen LogP contribution in [0.15, 0.2) is 0 Å². The second-order valence-corrected chi connectivity index (χ2v) is 8.05. The van der Waals surface area contributed by atoms with E-state index in [9.17, 15) is 0 Å². The SMILES string of the molecule is CCNC1CCC(C)(C)CC1CN1CCCC(COC)C1. The van der Waals surface area contributed by atoms with Crippen molar-refractivity contribution < 1.29 is 4.74 Å². The molecule has 3 atom stereocenters. The van der Waals surface area contributed by atoms with E-state index in [4.69, 9.17) is 4.74 Å². The van der Waals surface area contributed by atoms with Gasteiger partial charge in [0.15, 0.2) is 0 Å². The lowest BCUT2D eigenvalue weighted by molar-refractivity contribution is 0.0563. The monoisotopic (exact) mass is 296 g/mol. The average Bonchev–Trinajstić information content (AvgIpc) is 2.42. The molecule has 3 nitrogen and oxygen atoms in total. The van der Waals surface area contributed by atoms with E-state index in [0.717, 1.165) is 31.0 Å². The Morgan fingerprint density at radius 3 is 2.81 bits per heavy atom. The van der Waals surface area contributed by atoms with Crippen LogP contribution < -0.4 is 5.32 Å². The molecule has 0 radical (unpaired) electrons. The average molecular weight is 296 g/mol. The standard InChI is InChI=1S/C18H36N2O/c1-5-19-17-8-9-18(2,3)11-16(17)13-20-10-6-7-15(12-20)14-21-4/h15-17,19H,5-14H2,1-4H3. The molecule has 0 spiro atoms. The molecule has 1 aliphatic heterocycles. The van der Waals surface area contributed by atoms with E-state index in [2.05, 4.69) is 31.0 Å². The molecule has 2 fully saturated rings. The lowest BCUT2D eigenvalue weighted by Gasteiger charge is -2.44. The molecule has 1 aliphatic carbocycles. The van der Waals surface area contributed by atoms with E-state index in [1.54, 1.807) is 0 Å². The molecule has 2 rings (SSSR count). The van der Waals surface area contributed by atoms with E-state index in [1.165, 1.54) is 51.7 Å². The number of ether oxygens (including phenoxy) is 1. The summed E-state index contributed by atoms with van der Waals surface area (Å²) in [5.74, 6) is 1.56. The number of nitrogens with zero attached hydrogens (tertiary/aromatic N) is 1. The normalized spacial score (nSPS) is 34.0. The number of hydrogen-bond donors (Lipinski definition) is 1. The molecule has 0 aromatic rings. The number of piperidine rings is 1. The quantitative estimate of drug-likeness (QED) is 0.815. The molecule has 124 valence electrons. The van der Waals surface area contributed by atoms with Crippen molar-refractivity contribution in [3.05, 3.63) is 0 Å². The van der Waals surface area contributed by atoms with Gasteiger partial charge in [-0.2, -0.15) is 0 Å². The number of rotatable bonds is 6. The minimum absolute atomic E-state index is 0.526. The van der Waals surface area contributed by atoms with Gasteiger partial charge in [-0.05, 0) is 62.4 Å². The minimum atomic E-state index is 0.526. The van der Waals surface area contributed by atoms with Crippen molar-refractivity contribution in [2.75, 3.05) is 39.9 Å². The zero-order chi connectivity index (χ0) is 15.3. The Labute approximate surface area is 131 Å². The maximum Gasteiger partial charge on any atom is 0.0502 e. The second kappa shape index (κ2) is 7.94. The van der Waals surface area contributed by atoms with Gasteiger partial charge in [-0.1, -0.05) is 20.8 Å². The highest BCUT2D eigenvalue weighted by atomic mass is 16.5. The summed E-state index contributed by atoms with van der Waals surface area (Å²) in [6.45, 7) is 13.0. The number of nitrogens with one attached hydrogen (secondary N) is 1. The van der Waals surface area contributed by atoms with E-state index < -0.39 is 0 Å². The maximum absolute atomic E-state index is 5.37. The first-order valence-corrected chi connectivity index (χ1v) is 8.98. The van der Waals surface area contributed by atoms with Crippen molar-refractivity contribution in [3.63, 3.8) is 0 Å². The lowest BCUT2D eigenvalue weighted by atomic mass is 9.69. The molecule has 1 N–H and O–H groups in total. The maximum atomic E-state index is 5.37. The van der Waals surface area contributed by atoms with Gasteiger partial charge in [0, 0.05) is 26.2 Å². The van der Waals surface area contributed by atoms with Gasteiger partial charge in [-0.25, -0.2) is 0 Å². The molecule has 1 heterocycles. The zero-order valence-electron chi connectivity index (χ0n) is 14.7. The van der Waals surface area contributed by atoms with Gasteiger partial charge in [0.05, 0.1) is 6.61 Å². The van der Waals surface area contributed by atoms with Crippen LogP contribution in [0.5, 0.6) is 0 Å².